The number of imidazole rings is 1. The highest BCUT2D eigenvalue weighted by atomic mass is 16.5. The number of H-pyrrole nitrogens is 1. The third-order valence-corrected chi connectivity index (χ3v) is 5.66. The van der Waals surface area contributed by atoms with Crippen LogP contribution < -0.4 is 10.6 Å². The second kappa shape index (κ2) is 11.0. The number of pyridine rings is 1. The van der Waals surface area contributed by atoms with Gasteiger partial charge >= 0.3 is 6.09 Å². The second-order valence-electron chi connectivity index (χ2n) is 8.66. The van der Waals surface area contributed by atoms with Crippen molar-refractivity contribution in [2.24, 2.45) is 0 Å². The second-order valence-corrected chi connectivity index (χ2v) is 8.66. The summed E-state index contributed by atoms with van der Waals surface area (Å²) < 4.78 is 6.86. The number of rotatable bonds is 4. The molecule has 11 nitrogen and oxygen atoms in total. The van der Waals surface area contributed by atoms with Gasteiger partial charge in [-0.1, -0.05) is 6.07 Å². The molecule has 2 fully saturated rings. The summed E-state index contributed by atoms with van der Waals surface area (Å²) in [6, 6.07) is 5.76. The zero-order valence-electron chi connectivity index (χ0n) is 19.9. The number of aromatic nitrogens is 6. The van der Waals surface area contributed by atoms with E-state index in [1.807, 2.05) is 48.8 Å². The van der Waals surface area contributed by atoms with E-state index in [1.165, 1.54) is 12.8 Å². The van der Waals surface area contributed by atoms with Gasteiger partial charge in [0.15, 0.2) is 0 Å². The molecule has 1 amide bonds. The molecule has 5 heterocycles. The maximum absolute atomic E-state index is 9.94. The fourth-order valence-corrected chi connectivity index (χ4v) is 3.55. The maximum atomic E-state index is 9.94. The minimum atomic E-state index is -0.912. The molecule has 0 unspecified atom stereocenters. The number of aryl methyl sites for hydroxylation is 1. The van der Waals surface area contributed by atoms with Crippen molar-refractivity contribution < 1.29 is 14.6 Å². The number of ether oxygens (including phenoxy) is 1. The number of hydrogen-bond donors (Lipinski definition) is 4. The predicted molar refractivity (Wildman–Crippen MR) is 132 cm³/mol. The average molecular weight is 479 g/mol. The Labute approximate surface area is 203 Å². The lowest BCUT2D eigenvalue weighted by Crippen LogP contribution is -2.32. The van der Waals surface area contributed by atoms with E-state index >= 15 is 0 Å². The van der Waals surface area contributed by atoms with Gasteiger partial charge in [-0.3, -0.25) is 14.5 Å². The van der Waals surface area contributed by atoms with Gasteiger partial charge < -0.3 is 20.5 Å². The van der Waals surface area contributed by atoms with Crippen molar-refractivity contribution in [1.82, 2.24) is 34.9 Å². The van der Waals surface area contributed by atoms with Crippen LogP contribution in [-0.2, 0) is 4.74 Å². The van der Waals surface area contributed by atoms with Gasteiger partial charge in [0, 0.05) is 60.7 Å². The Kier molecular flexibility index (Phi) is 7.56. The summed E-state index contributed by atoms with van der Waals surface area (Å²) in [4.78, 5) is 23.3. The van der Waals surface area contributed by atoms with Crippen molar-refractivity contribution in [3.8, 4) is 11.1 Å². The Morgan fingerprint density at radius 3 is 2.54 bits per heavy atom. The molecule has 0 radical (unpaired) electrons. The summed E-state index contributed by atoms with van der Waals surface area (Å²) in [7, 11) is 0. The highest BCUT2D eigenvalue weighted by molar-refractivity contribution is 5.80. The van der Waals surface area contributed by atoms with E-state index in [0.29, 0.717) is 5.95 Å². The van der Waals surface area contributed by atoms with Gasteiger partial charge in [0.25, 0.3) is 0 Å². The molecule has 2 aliphatic rings. The summed E-state index contributed by atoms with van der Waals surface area (Å²) in [5, 5.41) is 20.6. The van der Waals surface area contributed by atoms with Gasteiger partial charge in [0.05, 0.1) is 11.9 Å². The Morgan fingerprint density at radius 1 is 1.20 bits per heavy atom. The first-order valence-electron chi connectivity index (χ1n) is 11.5. The number of fused-ring (bicyclic) bond motifs is 1. The molecule has 0 spiro atoms. The van der Waals surface area contributed by atoms with E-state index in [-0.39, 0.29) is 5.54 Å². The molecule has 0 atom stereocenters. The molecule has 1 saturated heterocycles. The Bertz CT molecular complexity index is 1230. The average Bonchev–Trinajstić information content (AvgIpc) is 3.40. The molecule has 1 aliphatic carbocycles. The normalized spacial score (nSPS) is 15.4. The van der Waals surface area contributed by atoms with Gasteiger partial charge in [0.2, 0.25) is 5.95 Å². The molecule has 4 aromatic heterocycles. The molecule has 0 bridgehead atoms. The molecule has 11 heteroatoms. The van der Waals surface area contributed by atoms with Gasteiger partial charge in [0.1, 0.15) is 11.5 Å². The number of hydrogen-bond acceptors (Lipinski definition) is 7. The van der Waals surface area contributed by atoms with Crippen LogP contribution in [0, 0.1) is 6.92 Å². The molecule has 35 heavy (non-hydrogen) atoms. The summed E-state index contributed by atoms with van der Waals surface area (Å²) >= 11 is 0. The van der Waals surface area contributed by atoms with Crippen LogP contribution in [0.3, 0.4) is 0 Å². The maximum Gasteiger partial charge on any atom is 0.405 e. The highest BCUT2D eigenvalue weighted by Crippen LogP contribution is 2.34. The quantitative estimate of drug-likeness (QED) is 0.342. The van der Waals surface area contributed by atoms with Crippen molar-refractivity contribution >= 4 is 23.5 Å². The minimum Gasteiger partial charge on any atom is -0.465 e. The lowest BCUT2D eigenvalue weighted by atomic mass is 10.1. The minimum absolute atomic E-state index is 0.0775. The predicted octanol–water partition coefficient (Wildman–Crippen LogP) is 4.17. The summed E-state index contributed by atoms with van der Waals surface area (Å²) in [5.74, 6) is 1.46. The number of nitrogens with one attached hydrogen (secondary N) is 3. The number of nitrogens with zero attached hydrogens (tertiary/aromatic N) is 5. The number of carbonyl (C=O) groups is 1. The topological polar surface area (TPSA) is 142 Å². The largest absolute Gasteiger partial charge is 0.465 e. The summed E-state index contributed by atoms with van der Waals surface area (Å²) in [5.41, 5.74) is 3.62. The van der Waals surface area contributed by atoms with Crippen molar-refractivity contribution in [2.75, 3.05) is 18.5 Å². The van der Waals surface area contributed by atoms with Gasteiger partial charge in [-0.25, -0.2) is 14.8 Å². The molecule has 0 aromatic carbocycles. The molecule has 1 saturated carbocycles. The zero-order valence-corrected chi connectivity index (χ0v) is 19.9. The number of aromatic amines is 1. The first-order valence-corrected chi connectivity index (χ1v) is 11.5. The van der Waals surface area contributed by atoms with E-state index in [2.05, 4.69) is 35.8 Å². The molecule has 4 aromatic rings. The van der Waals surface area contributed by atoms with Gasteiger partial charge in [-0.15, -0.1) is 0 Å². The van der Waals surface area contributed by atoms with Crippen LogP contribution in [0.1, 0.15) is 38.3 Å². The van der Waals surface area contributed by atoms with Crippen LogP contribution in [0.25, 0.3) is 16.8 Å². The van der Waals surface area contributed by atoms with Crippen LogP contribution >= 0.6 is 0 Å². The van der Waals surface area contributed by atoms with Crippen LogP contribution in [-0.4, -0.2) is 59.5 Å². The molecule has 4 N–H and O–H groups in total. The number of anilines is 2. The van der Waals surface area contributed by atoms with E-state index < -0.39 is 6.09 Å². The van der Waals surface area contributed by atoms with Crippen LogP contribution in [0.5, 0.6) is 0 Å². The van der Waals surface area contributed by atoms with Crippen molar-refractivity contribution in [3.05, 3.63) is 54.9 Å². The standard InChI is InChI=1S/C15H13N7.C5H9NO2.C4H8O/c1-10-13(11-3-2-5-16-9-11)14-17-7-8-22(14)15(19-10)20-12-4-6-18-21-12;1-5(2-3-5)6-4(7)8;1-2-4-5-3-1/h2-9H,1H3,(H2,18,19,20,21);6H,2-3H2,1H3,(H,7,8);1-4H2. The fourth-order valence-electron chi connectivity index (χ4n) is 3.55. The van der Waals surface area contributed by atoms with Crippen molar-refractivity contribution in [3.63, 3.8) is 0 Å². The van der Waals surface area contributed by atoms with Crippen molar-refractivity contribution in [1.29, 1.82) is 0 Å². The SMILES string of the molecule is C1CCOC1.CC1(NC(=O)O)CC1.Cc1nc(Nc2ccn[nH]2)n2ccnc2c1-c1cccnc1. The first-order chi connectivity index (χ1) is 17.0. The molecule has 184 valence electrons. The lowest BCUT2D eigenvalue weighted by molar-refractivity contribution is 0.189. The number of carboxylic acid groups (broad SMARTS) is 1. The molecule has 1 aliphatic heterocycles. The fraction of sp³-hybridized carbons (Fsp3) is 0.375. The summed E-state index contributed by atoms with van der Waals surface area (Å²) in [6.07, 6.45) is 12.5. The Morgan fingerprint density at radius 2 is 2.00 bits per heavy atom. The van der Waals surface area contributed by atoms with Crippen LogP contribution in [0.2, 0.25) is 0 Å². The van der Waals surface area contributed by atoms with Gasteiger partial charge in [-0.05, 0) is 45.6 Å². The summed E-state index contributed by atoms with van der Waals surface area (Å²) in [6.45, 7) is 5.87. The molecular formula is C24H30N8O3. The molecule has 6 rings (SSSR count). The van der Waals surface area contributed by atoms with E-state index in [9.17, 15) is 4.79 Å². The van der Waals surface area contributed by atoms with Gasteiger partial charge in [-0.2, -0.15) is 5.10 Å². The first kappa shape index (κ1) is 24.1. The van der Waals surface area contributed by atoms with Crippen molar-refractivity contribution in [2.45, 2.75) is 45.1 Å². The van der Waals surface area contributed by atoms with Crippen LogP contribution in [0.15, 0.2) is 49.2 Å². The highest BCUT2D eigenvalue weighted by Gasteiger charge is 2.38. The zero-order chi connectivity index (χ0) is 24.7. The van der Waals surface area contributed by atoms with E-state index in [0.717, 1.165) is 54.3 Å². The molecular weight excluding hydrogens is 448 g/mol. The third-order valence-electron chi connectivity index (χ3n) is 5.66. The third kappa shape index (κ3) is 6.54. The monoisotopic (exact) mass is 478 g/mol. The lowest BCUT2D eigenvalue weighted by Gasteiger charge is -2.12. The van der Waals surface area contributed by atoms with E-state index in [1.54, 1.807) is 18.6 Å². The smallest absolute Gasteiger partial charge is 0.405 e. The Balaban J connectivity index is 0.000000181. The van der Waals surface area contributed by atoms with Crippen LogP contribution in [0.4, 0.5) is 16.6 Å². The number of amides is 1. The van der Waals surface area contributed by atoms with E-state index in [4.69, 9.17) is 9.84 Å². The Hall–Kier alpha value is -3.99.